The van der Waals surface area contributed by atoms with Gasteiger partial charge in [-0.1, -0.05) is 49.7 Å². The van der Waals surface area contributed by atoms with E-state index in [0.717, 1.165) is 29.7 Å². The zero-order valence-electron chi connectivity index (χ0n) is 12.4. The molecule has 0 aromatic heterocycles. The number of rotatable bonds is 5. The van der Waals surface area contributed by atoms with E-state index in [0.29, 0.717) is 0 Å². The lowest BCUT2D eigenvalue weighted by Gasteiger charge is -1.99. The molecule has 0 unspecified atom stereocenters. The molecular weight excluding hydrogens is 263 g/mol. The fraction of sp³-hybridized carbons (Fsp3) is 0.222. The van der Waals surface area contributed by atoms with Crippen LogP contribution in [-0.4, -0.2) is 11.9 Å². The Kier molecular flexibility index (Phi) is 5.38. The molecule has 108 valence electrons. The highest BCUT2D eigenvalue weighted by molar-refractivity contribution is 5.98. The molecular formula is C18H19FN2. The minimum absolute atomic E-state index is 0.248. The second-order valence-electron chi connectivity index (χ2n) is 4.93. The van der Waals surface area contributed by atoms with E-state index in [-0.39, 0.29) is 5.82 Å². The molecule has 0 heterocycles. The van der Waals surface area contributed by atoms with Crippen molar-refractivity contribution in [1.82, 2.24) is 0 Å². The lowest BCUT2D eigenvalue weighted by molar-refractivity contribution is 0.628. The number of benzene rings is 2. The summed E-state index contributed by atoms with van der Waals surface area (Å²) in [5, 5.41) is 8.23. The fourth-order valence-corrected chi connectivity index (χ4v) is 1.99. The van der Waals surface area contributed by atoms with Crippen LogP contribution in [0.25, 0.3) is 0 Å². The van der Waals surface area contributed by atoms with Gasteiger partial charge < -0.3 is 0 Å². The third-order valence-corrected chi connectivity index (χ3v) is 3.19. The highest BCUT2D eigenvalue weighted by Crippen LogP contribution is 2.06. The van der Waals surface area contributed by atoms with E-state index in [1.165, 1.54) is 17.7 Å². The Hall–Kier alpha value is -2.29. The maximum atomic E-state index is 12.8. The van der Waals surface area contributed by atoms with Crippen LogP contribution in [0.4, 0.5) is 4.39 Å². The molecule has 0 saturated carbocycles. The Morgan fingerprint density at radius 3 is 2.33 bits per heavy atom. The van der Waals surface area contributed by atoms with Gasteiger partial charge in [0.05, 0.1) is 11.9 Å². The second-order valence-corrected chi connectivity index (χ2v) is 4.93. The van der Waals surface area contributed by atoms with Crippen molar-refractivity contribution in [2.24, 2.45) is 10.2 Å². The van der Waals surface area contributed by atoms with Crippen molar-refractivity contribution in [1.29, 1.82) is 0 Å². The van der Waals surface area contributed by atoms with E-state index in [1.54, 1.807) is 18.3 Å². The first kappa shape index (κ1) is 15.1. The van der Waals surface area contributed by atoms with E-state index < -0.39 is 0 Å². The van der Waals surface area contributed by atoms with Gasteiger partial charge in [0.15, 0.2) is 0 Å². The molecule has 0 bridgehead atoms. The molecule has 0 radical (unpaired) electrons. The van der Waals surface area contributed by atoms with E-state index in [1.807, 2.05) is 19.1 Å². The average Bonchev–Trinajstić information content (AvgIpc) is 2.50. The molecule has 2 rings (SSSR count). The summed E-state index contributed by atoms with van der Waals surface area (Å²) in [7, 11) is 0. The molecule has 0 fully saturated rings. The van der Waals surface area contributed by atoms with Gasteiger partial charge in [0, 0.05) is 0 Å². The number of aryl methyl sites for hydroxylation is 1. The quantitative estimate of drug-likeness (QED) is 0.564. The van der Waals surface area contributed by atoms with E-state index in [9.17, 15) is 4.39 Å². The molecule has 2 aromatic rings. The van der Waals surface area contributed by atoms with Crippen molar-refractivity contribution in [3.8, 4) is 0 Å². The summed E-state index contributed by atoms with van der Waals surface area (Å²) in [6, 6.07) is 14.5. The maximum absolute atomic E-state index is 12.8. The van der Waals surface area contributed by atoms with Crippen LogP contribution in [0.15, 0.2) is 58.7 Å². The molecule has 0 amide bonds. The van der Waals surface area contributed by atoms with Gasteiger partial charge in [0.1, 0.15) is 5.82 Å². The van der Waals surface area contributed by atoms with Crippen LogP contribution >= 0.6 is 0 Å². The molecule has 2 aromatic carbocycles. The highest BCUT2D eigenvalue weighted by Gasteiger charge is 1.97. The summed E-state index contributed by atoms with van der Waals surface area (Å²) < 4.78 is 12.8. The number of halogens is 1. The number of nitrogens with zero attached hydrogens (tertiary/aromatic N) is 2. The molecule has 0 N–H and O–H groups in total. The van der Waals surface area contributed by atoms with Crippen LogP contribution in [0.3, 0.4) is 0 Å². The average molecular weight is 282 g/mol. The van der Waals surface area contributed by atoms with E-state index in [2.05, 4.69) is 29.3 Å². The Bertz CT molecular complexity index is 625. The molecule has 3 heteroatoms. The first-order valence-electron chi connectivity index (χ1n) is 7.11. The summed E-state index contributed by atoms with van der Waals surface area (Å²) in [5.41, 5.74) is 3.98. The maximum Gasteiger partial charge on any atom is 0.123 e. The molecule has 2 nitrogen and oxygen atoms in total. The van der Waals surface area contributed by atoms with Crippen molar-refractivity contribution >= 4 is 11.9 Å². The van der Waals surface area contributed by atoms with Gasteiger partial charge >= 0.3 is 0 Å². The van der Waals surface area contributed by atoms with Crippen molar-refractivity contribution < 1.29 is 4.39 Å². The summed E-state index contributed by atoms with van der Waals surface area (Å²) in [5.74, 6) is -0.248. The summed E-state index contributed by atoms with van der Waals surface area (Å²) in [6.07, 6.45) is 3.97. The molecule has 0 spiro atoms. The molecule has 0 aliphatic heterocycles. The zero-order valence-corrected chi connectivity index (χ0v) is 12.4. The predicted molar refractivity (Wildman–Crippen MR) is 86.6 cm³/mol. The minimum Gasteiger partial charge on any atom is -0.207 e. The number of hydrogen-bond acceptors (Lipinski definition) is 2. The van der Waals surface area contributed by atoms with Gasteiger partial charge in [0.25, 0.3) is 0 Å². The van der Waals surface area contributed by atoms with Crippen molar-refractivity contribution in [2.75, 3.05) is 0 Å². The first-order valence-corrected chi connectivity index (χ1v) is 7.11. The first-order chi connectivity index (χ1) is 10.2. The Balaban J connectivity index is 2.03. The van der Waals surface area contributed by atoms with Crippen LogP contribution in [0, 0.1) is 5.82 Å². The van der Waals surface area contributed by atoms with Crippen molar-refractivity contribution in [3.05, 3.63) is 71.0 Å². The van der Waals surface area contributed by atoms with Crippen LogP contribution in [0.5, 0.6) is 0 Å². The van der Waals surface area contributed by atoms with Crippen molar-refractivity contribution in [2.45, 2.75) is 26.7 Å². The van der Waals surface area contributed by atoms with E-state index >= 15 is 0 Å². The summed E-state index contributed by atoms with van der Waals surface area (Å²) in [4.78, 5) is 0. The van der Waals surface area contributed by atoms with Crippen LogP contribution in [-0.2, 0) is 6.42 Å². The smallest absolute Gasteiger partial charge is 0.123 e. The lowest BCUT2D eigenvalue weighted by Crippen LogP contribution is -1.93. The zero-order chi connectivity index (χ0) is 15.1. The second kappa shape index (κ2) is 7.48. The van der Waals surface area contributed by atoms with Gasteiger partial charge in [-0.05, 0) is 42.2 Å². The van der Waals surface area contributed by atoms with Crippen LogP contribution < -0.4 is 0 Å². The lowest BCUT2D eigenvalue weighted by atomic mass is 10.1. The normalized spacial score (nSPS) is 12.0. The highest BCUT2D eigenvalue weighted by atomic mass is 19.1. The third-order valence-electron chi connectivity index (χ3n) is 3.19. The summed E-state index contributed by atoms with van der Waals surface area (Å²) in [6.45, 7) is 4.03. The molecule has 21 heavy (non-hydrogen) atoms. The van der Waals surface area contributed by atoms with Gasteiger partial charge in [-0.2, -0.15) is 10.2 Å². The molecule has 0 aliphatic rings. The van der Waals surface area contributed by atoms with Crippen LogP contribution in [0.2, 0.25) is 0 Å². The Labute approximate surface area is 125 Å². The summed E-state index contributed by atoms with van der Waals surface area (Å²) >= 11 is 0. The SMILES string of the molecule is CCCc1ccc(C=NN=C(C)c2ccc(F)cc2)cc1. The topological polar surface area (TPSA) is 24.7 Å². The van der Waals surface area contributed by atoms with Gasteiger partial charge in [-0.15, -0.1) is 0 Å². The standard InChI is InChI=1S/C18H19FN2/c1-3-4-15-5-7-16(8-6-15)13-20-21-14(2)17-9-11-18(19)12-10-17/h5-13H,3-4H2,1-2H3. The number of hydrogen-bond donors (Lipinski definition) is 0. The fourth-order valence-electron chi connectivity index (χ4n) is 1.99. The molecule has 0 atom stereocenters. The van der Waals surface area contributed by atoms with Gasteiger partial charge in [-0.3, -0.25) is 0 Å². The molecule has 0 aliphatic carbocycles. The molecule has 0 saturated heterocycles. The monoisotopic (exact) mass is 282 g/mol. The Morgan fingerprint density at radius 1 is 1.05 bits per heavy atom. The van der Waals surface area contributed by atoms with Gasteiger partial charge in [0.2, 0.25) is 0 Å². The van der Waals surface area contributed by atoms with Gasteiger partial charge in [-0.25, -0.2) is 4.39 Å². The minimum atomic E-state index is -0.248. The van der Waals surface area contributed by atoms with Crippen LogP contribution in [0.1, 0.15) is 37.0 Å². The largest absolute Gasteiger partial charge is 0.207 e. The predicted octanol–water partition coefficient (Wildman–Crippen LogP) is 4.62. The van der Waals surface area contributed by atoms with Crippen molar-refractivity contribution in [3.63, 3.8) is 0 Å². The Morgan fingerprint density at radius 2 is 1.71 bits per heavy atom. The van der Waals surface area contributed by atoms with E-state index in [4.69, 9.17) is 0 Å². The third kappa shape index (κ3) is 4.63.